The number of aromatic nitrogens is 2. The third kappa shape index (κ3) is 5.11. The lowest BCUT2D eigenvalue weighted by Crippen LogP contribution is -2.35. The summed E-state index contributed by atoms with van der Waals surface area (Å²) in [6, 6.07) is 11.0. The Hall–Kier alpha value is -2.90. The number of benzene rings is 1. The molecule has 7 nitrogen and oxygen atoms in total. The standard InChI is InChI=1S/C25H31N3O4/c1-2-31-16-15-28-18-22(20-7-5-11-26-24(20)28)19-9-12-27(13-10-19)14-17-32-23-8-4-3-6-21(23)25(29)30/h3-8,11,18-19H,2,9-10,12-17H2,1H3,(H,29,30). The second-order valence-corrected chi connectivity index (χ2v) is 8.12. The highest BCUT2D eigenvalue weighted by molar-refractivity contribution is 5.90. The van der Waals surface area contributed by atoms with E-state index < -0.39 is 5.97 Å². The maximum atomic E-state index is 11.3. The Morgan fingerprint density at radius 3 is 2.72 bits per heavy atom. The summed E-state index contributed by atoms with van der Waals surface area (Å²) in [5.74, 6) is -0.0153. The lowest BCUT2D eigenvalue weighted by molar-refractivity contribution is 0.0691. The Kier molecular flexibility index (Phi) is 7.39. The molecule has 7 heteroatoms. The Bertz CT molecular complexity index is 1040. The second-order valence-electron chi connectivity index (χ2n) is 8.12. The number of para-hydroxylation sites is 1. The van der Waals surface area contributed by atoms with Gasteiger partial charge in [0, 0.05) is 37.5 Å². The van der Waals surface area contributed by atoms with Crippen molar-refractivity contribution in [3.8, 4) is 5.75 Å². The van der Waals surface area contributed by atoms with Gasteiger partial charge in [-0.1, -0.05) is 12.1 Å². The maximum Gasteiger partial charge on any atom is 0.339 e. The van der Waals surface area contributed by atoms with Crippen LogP contribution in [0, 0.1) is 0 Å². The van der Waals surface area contributed by atoms with Gasteiger partial charge in [0.15, 0.2) is 0 Å². The molecule has 0 spiro atoms. The van der Waals surface area contributed by atoms with Gasteiger partial charge < -0.3 is 19.1 Å². The van der Waals surface area contributed by atoms with Crippen molar-refractivity contribution in [2.24, 2.45) is 0 Å². The van der Waals surface area contributed by atoms with Crippen LogP contribution in [-0.2, 0) is 11.3 Å². The van der Waals surface area contributed by atoms with Crippen molar-refractivity contribution in [1.29, 1.82) is 0 Å². The fourth-order valence-electron chi connectivity index (χ4n) is 4.47. The smallest absolute Gasteiger partial charge is 0.339 e. The van der Waals surface area contributed by atoms with Crippen molar-refractivity contribution in [2.45, 2.75) is 32.2 Å². The molecule has 0 aliphatic carbocycles. The summed E-state index contributed by atoms with van der Waals surface area (Å²) < 4.78 is 13.5. The number of carbonyl (C=O) groups is 1. The molecule has 3 heterocycles. The number of carboxylic acid groups (broad SMARTS) is 1. The number of aromatic carboxylic acids is 1. The molecule has 1 N–H and O–H groups in total. The van der Waals surface area contributed by atoms with E-state index in [2.05, 4.69) is 26.7 Å². The van der Waals surface area contributed by atoms with Gasteiger partial charge in [-0.2, -0.15) is 0 Å². The van der Waals surface area contributed by atoms with Gasteiger partial charge in [-0.05, 0) is 68.6 Å². The third-order valence-electron chi connectivity index (χ3n) is 6.16. The van der Waals surface area contributed by atoms with Crippen LogP contribution in [0.15, 0.2) is 48.8 Å². The zero-order valence-corrected chi connectivity index (χ0v) is 18.6. The summed E-state index contributed by atoms with van der Waals surface area (Å²) >= 11 is 0. The van der Waals surface area contributed by atoms with Crippen molar-refractivity contribution in [2.75, 3.05) is 39.5 Å². The van der Waals surface area contributed by atoms with Gasteiger partial charge in [0.05, 0.1) is 6.61 Å². The number of nitrogens with zero attached hydrogens (tertiary/aromatic N) is 3. The topological polar surface area (TPSA) is 76.8 Å². The highest BCUT2D eigenvalue weighted by Crippen LogP contribution is 2.33. The minimum absolute atomic E-state index is 0.209. The highest BCUT2D eigenvalue weighted by atomic mass is 16.5. The summed E-state index contributed by atoms with van der Waals surface area (Å²) in [4.78, 5) is 18.3. The molecule has 0 saturated carbocycles. The van der Waals surface area contributed by atoms with Crippen LogP contribution in [0.2, 0.25) is 0 Å². The minimum atomic E-state index is -0.962. The van der Waals surface area contributed by atoms with Crippen LogP contribution in [0.1, 0.15) is 41.6 Å². The Balaban J connectivity index is 1.33. The maximum absolute atomic E-state index is 11.3. The van der Waals surface area contributed by atoms with E-state index in [-0.39, 0.29) is 5.56 Å². The molecule has 4 rings (SSSR count). The lowest BCUT2D eigenvalue weighted by atomic mass is 9.89. The molecule has 1 saturated heterocycles. The Labute approximate surface area is 188 Å². The molecule has 1 fully saturated rings. The number of hydrogen-bond acceptors (Lipinski definition) is 5. The van der Waals surface area contributed by atoms with E-state index in [1.54, 1.807) is 24.3 Å². The van der Waals surface area contributed by atoms with Crippen molar-refractivity contribution in [3.05, 3.63) is 59.9 Å². The van der Waals surface area contributed by atoms with Gasteiger partial charge in [0.1, 0.15) is 23.6 Å². The highest BCUT2D eigenvalue weighted by Gasteiger charge is 2.24. The van der Waals surface area contributed by atoms with Gasteiger partial charge in [-0.25, -0.2) is 9.78 Å². The van der Waals surface area contributed by atoms with E-state index in [1.165, 1.54) is 10.9 Å². The van der Waals surface area contributed by atoms with Crippen LogP contribution in [0.5, 0.6) is 5.75 Å². The number of carboxylic acids is 1. The van der Waals surface area contributed by atoms with Crippen molar-refractivity contribution >= 4 is 17.0 Å². The summed E-state index contributed by atoms with van der Waals surface area (Å²) in [6.45, 7) is 7.52. The molecular weight excluding hydrogens is 406 g/mol. The van der Waals surface area contributed by atoms with Crippen LogP contribution in [0.3, 0.4) is 0 Å². The first-order valence-electron chi connectivity index (χ1n) is 11.4. The summed E-state index contributed by atoms with van der Waals surface area (Å²) in [5.41, 5.74) is 2.63. The molecule has 0 atom stereocenters. The average Bonchev–Trinajstić information content (AvgIpc) is 3.19. The second kappa shape index (κ2) is 10.6. The molecule has 0 amide bonds. The van der Waals surface area contributed by atoms with E-state index in [1.807, 2.05) is 19.2 Å². The lowest BCUT2D eigenvalue weighted by Gasteiger charge is -2.31. The summed E-state index contributed by atoms with van der Waals surface area (Å²) in [7, 11) is 0. The predicted octanol–water partition coefficient (Wildman–Crippen LogP) is 4.03. The molecule has 32 heavy (non-hydrogen) atoms. The molecule has 1 aromatic carbocycles. The molecule has 1 aliphatic heterocycles. The van der Waals surface area contributed by atoms with Crippen molar-refractivity contribution in [1.82, 2.24) is 14.5 Å². The van der Waals surface area contributed by atoms with E-state index in [0.717, 1.165) is 51.3 Å². The van der Waals surface area contributed by atoms with Crippen molar-refractivity contribution < 1.29 is 19.4 Å². The molecule has 2 aromatic heterocycles. The van der Waals surface area contributed by atoms with Gasteiger partial charge in [-0.3, -0.25) is 4.90 Å². The van der Waals surface area contributed by atoms with Crippen LogP contribution in [0.25, 0.3) is 11.0 Å². The molecule has 170 valence electrons. The van der Waals surface area contributed by atoms with Crippen molar-refractivity contribution in [3.63, 3.8) is 0 Å². The van der Waals surface area contributed by atoms with E-state index >= 15 is 0 Å². The van der Waals surface area contributed by atoms with E-state index in [0.29, 0.717) is 24.9 Å². The average molecular weight is 438 g/mol. The van der Waals surface area contributed by atoms with E-state index in [9.17, 15) is 9.90 Å². The number of fused-ring (bicyclic) bond motifs is 1. The predicted molar refractivity (Wildman–Crippen MR) is 124 cm³/mol. The molecule has 3 aromatic rings. The fourth-order valence-corrected chi connectivity index (χ4v) is 4.47. The van der Waals surface area contributed by atoms with Gasteiger partial charge in [-0.15, -0.1) is 0 Å². The molecule has 1 aliphatic rings. The van der Waals surface area contributed by atoms with Crippen LogP contribution < -0.4 is 4.74 Å². The minimum Gasteiger partial charge on any atom is -0.491 e. The first-order valence-corrected chi connectivity index (χ1v) is 11.4. The number of hydrogen-bond donors (Lipinski definition) is 1. The number of pyridine rings is 1. The molecule has 0 bridgehead atoms. The number of likely N-dealkylation sites (tertiary alicyclic amines) is 1. The normalized spacial score (nSPS) is 15.3. The molecule has 0 unspecified atom stereocenters. The number of ether oxygens (including phenoxy) is 2. The number of rotatable bonds is 10. The van der Waals surface area contributed by atoms with E-state index in [4.69, 9.17) is 9.47 Å². The summed E-state index contributed by atoms with van der Waals surface area (Å²) in [5, 5.41) is 10.5. The molecule has 0 radical (unpaired) electrons. The van der Waals surface area contributed by atoms with Gasteiger partial charge in [0.2, 0.25) is 0 Å². The first kappa shape index (κ1) is 22.3. The zero-order valence-electron chi connectivity index (χ0n) is 18.6. The first-order chi connectivity index (χ1) is 15.7. The zero-order chi connectivity index (χ0) is 22.3. The van der Waals surface area contributed by atoms with Crippen LogP contribution in [0.4, 0.5) is 0 Å². The summed E-state index contributed by atoms with van der Waals surface area (Å²) in [6.07, 6.45) is 6.30. The third-order valence-corrected chi connectivity index (χ3v) is 6.16. The largest absolute Gasteiger partial charge is 0.491 e. The quantitative estimate of drug-likeness (QED) is 0.483. The van der Waals surface area contributed by atoms with Crippen LogP contribution in [-0.4, -0.2) is 65.0 Å². The Morgan fingerprint density at radius 1 is 1.12 bits per heavy atom. The fraction of sp³-hybridized carbons (Fsp3) is 0.440. The van der Waals surface area contributed by atoms with Gasteiger partial charge >= 0.3 is 5.97 Å². The van der Waals surface area contributed by atoms with Crippen LogP contribution >= 0.6 is 0 Å². The number of piperidine rings is 1. The SMILES string of the molecule is CCOCCn1cc(C2CCN(CCOc3ccccc3C(=O)O)CC2)c2cccnc21. The monoisotopic (exact) mass is 437 g/mol. The Morgan fingerprint density at radius 2 is 1.94 bits per heavy atom. The van der Waals surface area contributed by atoms with Gasteiger partial charge in [0.25, 0.3) is 0 Å². The molecular formula is C25H31N3O4.